The molecule has 4 rings (SSSR count). The van der Waals surface area contributed by atoms with Gasteiger partial charge < -0.3 is 25.4 Å². The first kappa shape index (κ1) is 18.1. The first-order valence-corrected chi connectivity index (χ1v) is 8.74. The molecule has 0 saturated carbocycles. The van der Waals surface area contributed by atoms with E-state index in [9.17, 15) is 15.3 Å². The van der Waals surface area contributed by atoms with Crippen LogP contribution in [0.25, 0.3) is 11.2 Å². The predicted octanol–water partition coefficient (Wildman–Crippen LogP) is 0.703. The van der Waals surface area contributed by atoms with Gasteiger partial charge in [0, 0.05) is 11.6 Å². The fourth-order valence-corrected chi connectivity index (χ4v) is 3.19. The number of anilines is 1. The molecule has 9 nitrogen and oxygen atoms in total. The van der Waals surface area contributed by atoms with Gasteiger partial charge in [0.2, 0.25) is 0 Å². The van der Waals surface area contributed by atoms with Crippen LogP contribution in [0.4, 0.5) is 5.82 Å². The van der Waals surface area contributed by atoms with E-state index in [2.05, 4.69) is 20.3 Å². The molecule has 0 radical (unpaired) electrons. The van der Waals surface area contributed by atoms with Gasteiger partial charge in [-0.05, 0) is 17.7 Å². The summed E-state index contributed by atoms with van der Waals surface area (Å²) in [5.74, 6) is 0.528. The summed E-state index contributed by atoms with van der Waals surface area (Å²) in [5.41, 5.74) is 1.97. The zero-order valence-electron chi connectivity index (χ0n) is 14.1. The average molecular weight is 392 g/mol. The molecule has 3 aromatic rings. The SMILES string of the molecule is OC[C@H]1O[C@@H](n2cnc3c(NCc4ccc(Cl)cc4)ncnc32)[C@@H](O)C1O. The lowest BCUT2D eigenvalue weighted by molar-refractivity contribution is -0.0511. The minimum absolute atomic E-state index is 0.399. The highest BCUT2D eigenvalue weighted by atomic mass is 35.5. The minimum atomic E-state index is -1.21. The first-order valence-electron chi connectivity index (χ1n) is 8.37. The monoisotopic (exact) mass is 391 g/mol. The number of ether oxygens (including phenoxy) is 1. The quantitative estimate of drug-likeness (QED) is 0.501. The van der Waals surface area contributed by atoms with Crippen LogP contribution in [0.5, 0.6) is 0 Å². The van der Waals surface area contributed by atoms with Gasteiger partial charge >= 0.3 is 0 Å². The van der Waals surface area contributed by atoms with E-state index in [1.54, 1.807) is 0 Å². The molecule has 1 aliphatic rings. The van der Waals surface area contributed by atoms with Crippen molar-refractivity contribution < 1.29 is 20.1 Å². The molecule has 1 aliphatic heterocycles. The van der Waals surface area contributed by atoms with E-state index in [1.165, 1.54) is 17.2 Å². The maximum absolute atomic E-state index is 10.2. The molecule has 0 aliphatic carbocycles. The summed E-state index contributed by atoms with van der Waals surface area (Å²) >= 11 is 5.90. The lowest BCUT2D eigenvalue weighted by Crippen LogP contribution is -2.33. The topological polar surface area (TPSA) is 126 Å². The third kappa shape index (κ3) is 3.35. The van der Waals surface area contributed by atoms with E-state index < -0.39 is 31.1 Å². The number of fused-ring (bicyclic) bond motifs is 1. The van der Waals surface area contributed by atoms with Crippen molar-refractivity contribution in [2.75, 3.05) is 11.9 Å². The van der Waals surface area contributed by atoms with Crippen molar-refractivity contribution >= 4 is 28.6 Å². The standard InChI is InChI=1S/C17H18ClN5O4/c18-10-3-1-9(2-4-10)5-19-15-12-16(21-7-20-15)23(8-22-12)17-14(26)13(25)11(6-24)27-17/h1-4,7-8,11,13-14,17,24-26H,5-6H2,(H,19,20,21)/t11-,13?,14+,17-/m1/s1. The maximum atomic E-state index is 10.2. The fourth-order valence-electron chi connectivity index (χ4n) is 3.07. The molecule has 1 aromatic carbocycles. The molecule has 4 N–H and O–H groups in total. The van der Waals surface area contributed by atoms with E-state index in [0.717, 1.165) is 5.56 Å². The fraction of sp³-hybridized carbons (Fsp3) is 0.353. The highest BCUT2D eigenvalue weighted by Gasteiger charge is 2.44. The Balaban J connectivity index is 1.59. The predicted molar refractivity (Wildman–Crippen MR) is 97.1 cm³/mol. The van der Waals surface area contributed by atoms with Crippen molar-refractivity contribution in [3.05, 3.63) is 47.5 Å². The first-order chi connectivity index (χ1) is 13.1. The Morgan fingerprint density at radius 3 is 2.59 bits per heavy atom. The highest BCUT2D eigenvalue weighted by Crippen LogP contribution is 2.32. The second kappa shape index (κ2) is 7.37. The molecule has 2 aromatic heterocycles. The number of halogens is 1. The number of aromatic nitrogens is 4. The van der Waals surface area contributed by atoms with Crippen molar-refractivity contribution in [2.24, 2.45) is 0 Å². The molecule has 27 heavy (non-hydrogen) atoms. The van der Waals surface area contributed by atoms with Crippen LogP contribution >= 0.6 is 11.6 Å². The van der Waals surface area contributed by atoms with Crippen molar-refractivity contribution in [3.63, 3.8) is 0 Å². The maximum Gasteiger partial charge on any atom is 0.167 e. The zero-order chi connectivity index (χ0) is 19.0. The summed E-state index contributed by atoms with van der Waals surface area (Å²) in [7, 11) is 0. The molecule has 4 atom stereocenters. The van der Waals surface area contributed by atoms with Crippen molar-refractivity contribution in [1.82, 2.24) is 19.5 Å². The molecule has 1 fully saturated rings. The summed E-state index contributed by atoms with van der Waals surface area (Å²) in [6, 6.07) is 7.44. The number of nitrogens with one attached hydrogen (secondary N) is 1. The Morgan fingerprint density at radius 1 is 1.11 bits per heavy atom. The molecule has 1 unspecified atom stereocenters. The zero-order valence-corrected chi connectivity index (χ0v) is 14.9. The summed E-state index contributed by atoms with van der Waals surface area (Å²) < 4.78 is 7.07. The van der Waals surface area contributed by atoms with Crippen LogP contribution in [0.1, 0.15) is 11.8 Å². The number of aliphatic hydroxyl groups is 3. The Hall–Kier alpha value is -2.30. The minimum Gasteiger partial charge on any atom is -0.394 e. The molecule has 10 heteroatoms. The normalized spacial score (nSPS) is 25.2. The largest absolute Gasteiger partial charge is 0.394 e. The second-order valence-electron chi connectivity index (χ2n) is 6.26. The van der Waals surface area contributed by atoms with Crippen LogP contribution in [0.2, 0.25) is 5.02 Å². The van der Waals surface area contributed by atoms with Crippen LogP contribution in [-0.2, 0) is 11.3 Å². The molecule has 0 spiro atoms. The summed E-state index contributed by atoms with van der Waals surface area (Å²) in [5, 5.41) is 33.3. The smallest absolute Gasteiger partial charge is 0.167 e. The number of imidazole rings is 1. The molecule has 3 heterocycles. The second-order valence-corrected chi connectivity index (χ2v) is 6.69. The summed E-state index contributed by atoms with van der Waals surface area (Å²) in [6.07, 6.45) is -1.33. The van der Waals surface area contributed by atoms with Gasteiger partial charge in [-0.3, -0.25) is 4.57 Å². The Bertz CT molecular complexity index is 935. The van der Waals surface area contributed by atoms with Crippen LogP contribution in [-0.4, -0.2) is 59.8 Å². The Kier molecular flexibility index (Phi) is 4.94. The molecule has 0 amide bonds. The van der Waals surface area contributed by atoms with Crippen LogP contribution < -0.4 is 5.32 Å². The van der Waals surface area contributed by atoms with E-state index in [4.69, 9.17) is 16.3 Å². The number of nitrogens with zero attached hydrogens (tertiary/aromatic N) is 4. The third-order valence-corrected chi connectivity index (χ3v) is 4.78. The average Bonchev–Trinajstić information content (AvgIpc) is 3.23. The van der Waals surface area contributed by atoms with Gasteiger partial charge in [-0.1, -0.05) is 23.7 Å². The van der Waals surface area contributed by atoms with Gasteiger partial charge in [0.15, 0.2) is 23.2 Å². The van der Waals surface area contributed by atoms with Crippen LogP contribution in [0.3, 0.4) is 0 Å². The van der Waals surface area contributed by atoms with E-state index in [1.807, 2.05) is 24.3 Å². The molecule has 142 valence electrons. The van der Waals surface area contributed by atoms with Gasteiger partial charge in [0.25, 0.3) is 0 Å². The van der Waals surface area contributed by atoms with E-state index >= 15 is 0 Å². The lowest BCUT2D eigenvalue weighted by atomic mass is 10.1. The van der Waals surface area contributed by atoms with Gasteiger partial charge in [-0.25, -0.2) is 15.0 Å². The highest BCUT2D eigenvalue weighted by molar-refractivity contribution is 6.30. The summed E-state index contributed by atoms with van der Waals surface area (Å²) in [6.45, 7) is 0.119. The molecule has 0 bridgehead atoms. The lowest BCUT2D eigenvalue weighted by Gasteiger charge is -2.16. The van der Waals surface area contributed by atoms with Gasteiger partial charge in [-0.2, -0.15) is 0 Å². The van der Waals surface area contributed by atoms with Crippen LogP contribution in [0.15, 0.2) is 36.9 Å². The molecular weight excluding hydrogens is 374 g/mol. The van der Waals surface area contributed by atoms with Crippen molar-refractivity contribution in [3.8, 4) is 0 Å². The Labute approximate surface area is 159 Å². The number of hydrogen-bond acceptors (Lipinski definition) is 8. The number of benzene rings is 1. The number of hydrogen-bond donors (Lipinski definition) is 4. The summed E-state index contributed by atoms with van der Waals surface area (Å²) in [4.78, 5) is 12.8. The molecule has 1 saturated heterocycles. The number of rotatable bonds is 5. The van der Waals surface area contributed by atoms with Crippen LogP contribution in [0, 0.1) is 0 Å². The van der Waals surface area contributed by atoms with Crippen molar-refractivity contribution in [2.45, 2.75) is 31.1 Å². The molecular formula is C17H18ClN5O4. The number of aliphatic hydroxyl groups excluding tert-OH is 3. The van der Waals surface area contributed by atoms with Gasteiger partial charge in [-0.15, -0.1) is 0 Å². The van der Waals surface area contributed by atoms with Gasteiger partial charge in [0.1, 0.15) is 24.6 Å². The van der Waals surface area contributed by atoms with Gasteiger partial charge in [0.05, 0.1) is 12.9 Å². The van der Waals surface area contributed by atoms with E-state index in [0.29, 0.717) is 28.5 Å². The van der Waals surface area contributed by atoms with E-state index in [-0.39, 0.29) is 0 Å². The third-order valence-electron chi connectivity index (χ3n) is 4.52. The van der Waals surface area contributed by atoms with Crippen molar-refractivity contribution in [1.29, 1.82) is 0 Å². The Morgan fingerprint density at radius 2 is 1.89 bits per heavy atom.